The van der Waals surface area contributed by atoms with Crippen LogP contribution in [0.5, 0.6) is 11.5 Å². The molecule has 1 heterocycles. The van der Waals surface area contributed by atoms with Crippen molar-refractivity contribution >= 4 is 22.4 Å². The average molecular weight is 424 g/mol. The highest BCUT2D eigenvalue weighted by Crippen LogP contribution is 2.35. The van der Waals surface area contributed by atoms with E-state index in [9.17, 15) is 0 Å². The molecule has 3 rings (SSSR count). The fraction of sp³-hybridized carbons (Fsp3) is 0.417. The van der Waals surface area contributed by atoms with Crippen LogP contribution in [0.2, 0.25) is 0 Å². The van der Waals surface area contributed by atoms with Gasteiger partial charge in [-0.2, -0.15) is 0 Å². The topological polar surface area (TPSA) is 85.5 Å². The molecule has 0 atom stereocenters. The maximum absolute atomic E-state index is 5.84. The van der Waals surface area contributed by atoms with Crippen LogP contribution in [0.1, 0.15) is 25.7 Å². The minimum Gasteiger partial charge on any atom is -0.493 e. The number of nitrogen functional groups attached to an aromatic ring is 1. The number of fused-ring (bicyclic) bond motifs is 1. The van der Waals surface area contributed by atoms with E-state index in [0.717, 1.165) is 41.8 Å². The molecule has 0 radical (unpaired) electrons. The monoisotopic (exact) mass is 423 g/mol. The number of aromatic nitrogens is 2. The van der Waals surface area contributed by atoms with Gasteiger partial charge in [-0.15, -0.1) is 0 Å². The van der Waals surface area contributed by atoms with Crippen molar-refractivity contribution < 1.29 is 9.47 Å². The van der Waals surface area contributed by atoms with Gasteiger partial charge in [-0.3, -0.25) is 0 Å². The van der Waals surface area contributed by atoms with Gasteiger partial charge >= 0.3 is 0 Å². The Bertz CT molecular complexity index is 989. The Morgan fingerprint density at radius 2 is 1.58 bits per heavy atom. The second-order valence-electron chi connectivity index (χ2n) is 7.89. The van der Waals surface area contributed by atoms with Crippen LogP contribution >= 0.6 is 0 Å². The van der Waals surface area contributed by atoms with Crippen LogP contribution in [0.15, 0.2) is 36.4 Å². The number of ether oxygens (including phenoxy) is 2. The van der Waals surface area contributed by atoms with E-state index in [1.807, 2.05) is 36.4 Å². The summed E-state index contributed by atoms with van der Waals surface area (Å²) in [5, 5.41) is 4.42. The fourth-order valence-corrected chi connectivity index (χ4v) is 3.47. The smallest absolute Gasteiger partial charge is 0.162 e. The third-order valence-electron chi connectivity index (χ3n) is 5.19. The molecule has 0 spiro atoms. The number of nitrogens with zero attached hydrogens (tertiary/aromatic N) is 3. The summed E-state index contributed by atoms with van der Waals surface area (Å²) in [6.45, 7) is 1.99. The van der Waals surface area contributed by atoms with Crippen molar-refractivity contribution in [1.29, 1.82) is 0 Å². The van der Waals surface area contributed by atoms with Gasteiger partial charge in [0.1, 0.15) is 5.82 Å². The summed E-state index contributed by atoms with van der Waals surface area (Å²) in [5.41, 5.74) is 8.27. The summed E-state index contributed by atoms with van der Waals surface area (Å²) in [5.74, 6) is 2.74. The van der Waals surface area contributed by atoms with Gasteiger partial charge < -0.3 is 25.4 Å². The number of benzene rings is 2. The lowest BCUT2D eigenvalue weighted by molar-refractivity contribution is 0.356. The summed E-state index contributed by atoms with van der Waals surface area (Å²) in [7, 11) is 7.49. The van der Waals surface area contributed by atoms with Crippen molar-refractivity contribution in [2.24, 2.45) is 0 Å². The number of rotatable bonds is 11. The standard InChI is InChI=1S/C24H33N5O2/c1-29(2)14-8-6-5-7-13-26-24-19-15-21(30-3)22(31-4)16-20(19)27-23(28-24)17-9-11-18(25)12-10-17/h9-12,15-16H,5-8,13-14,25H2,1-4H3,(H,26,27,28). The number of nitrogens with two attached hydrogens (primary N) is 1. The van der Waals surface area contributed by atoms with E-state index < -0.39 is 0 Å². The third kappa shape index (κ3) is 5.98. The van der Waals surface area contributed by atoms with Crippen molar-refractivity contribution in [1.82, 2.24) is 14.9 Å². The normalized spacial score (nSPS) is 11.1. The van der Waals surface area contributed by atoms with Gasteiger partial charge in [0.2, 0.25) is 0 Å². The van der Waals surface area contributed by atoms with Gasteiger partial charge in [0.05, 0.1) is 19.7 Å². The van der Waals surface area contributed by atoms with Crippen molar-refractivity contribution in [2.45, 2.75) is 25.7 Å². The summed E-state index contributed by atoms with van der Waals surface area (Å²) in [4.78, 5) is 11.8. The Kier molecular flexibility index (Phi) is 7.89. The van der Waals surface area contributed by atoms with E-state index in [2.05, 4.69) is 24.3 Å². The molecule has 3 aromatic rings. The van der Waals surface area contributed by atoms with Crippen LogP contribution in [0.3, 0.4) is 0 Å². The van der Waals surface area contributed by atoms with Gasteiger partial charge in [0.15, 0.2) is 17.3 Å². The Balaban J connectivity index is 1.84. The number of hydrogen-bond donors (Lipinski definition) is 2. The average Bonchev–Trinajstić information content (AvgIpc) is 2.77. The quantitative estimate of drug-likeness (QED) is 0.348. The molecular weight excluding hydrogens is 390 g/mol. The number of nitrogens with one attached hydrogen (secondary N) is 1. The molecule has 0 amide bonds. The molecule has 0 saturated heterocycles. The predicted octanol–water partition coefficient (Wildman–Crippen LogP) is 4.43. The van der Waals surface area contributed by atoms with Crippen molar-refractivity contribution in [3.63, 3.8) is 0 Å². The highest BCUT2D eigenvalue weighted by atomic mass is 16.5. The Labute approximate surface area is 184 Å². The molecule has 0 aliphatic rings. The molecule has 0 bridgehead atoms. The lowest BCUT2D eigenvalue weighted by Crippen LogP contribution is -2.12. The fourth-order valence-electron chi connectivity index (χ4n) is 3.47. The summed E-state index contributed by atoms with van der Waals surface area (Å²) < 4.78 is 11.0. The largest absolute Gasteiger partial charge is 0.493 e. The van der Waals surface area contributed by atoms with Crippen molar-refractivity contribution in [3.05, 3.63) is 36.4 Å². The van der Waals surface area contributed by atoms with E-state index in [1.54, 1.807) is 14.2 Å². The Hall–Kier alpha value is -3.06. The van der Waals surface area contributed by atoms with E-state index in [0.29, 0.717) is 23.0 Å². The first-order chi connectivity index (χ1) is 15.0. The minimum atomic E-state index is 0.642. The maximum Gasteiger partial charge on any atom is 0.162 e. The molecule has 0 aliphatic carbocycles. The number of unbranched alkanes of at least 4 members (excludes halogenated alkanes) is 3. The van der Waals surface area contributed by atoms with Gasteiger partial charge in [-0.05, 0) is 63.8 Å². The highest BCUT2D eigenvalue weighted by molar-refractivity contribution is 5.93. The van der Waals surface area contributed by atoms with Gasteiger partial charge in [0, 0.05) is 29.2 Å². The van der Waals surface area contributed by atoms with Gasteiger partial charge in [-0.1, -0.05) is 12.8 Å². The maximum atomic E-state index is 5.84. The number of methoxy groups -OCH3 is 2. The molecule has 7 nitrogen and oxygen atoms in total. The molecule has 166 valence electrons. The van der Waals surface area contributed by atoms with Gasteiger partial charge in [0.25, 0.3) is 0 Å². The van der Waals surface area contributed by atoms with Crippen LogP contribution in [0, 0.1) is 0 Å². The molecule has 7 heteroatoms. The molecule has 3 N–H and O–H groups in total. The second-order valence-corrected chi connectivity index (χ2v) is 7.89. The minimum absolute atomic E-state index is 0.642. The molecule has 0 aliphatic heterocycles. The van der Waals surface area contributed by atoms with E-state index in [1.165, 1.54) is 19.3 Å². The zero-order valence-corrected chi connectivity index (χ0v) is 18.9. The van der Waals surface area contributed by atoms with E-state index >= 15 is 0 Å². The molecule has 0 unspecified atom stereocenters. The SMILES string of the molecule is COc1cc2nc(-c3ccc(N)cc3)nc(NCCCCCCN(C)C)c2cc1OC. The van der Waals surface area contributed by atoms with Crippen LogP contribution < -0.4 is 20.5 Å². The van der Waals surface area contributed by atoms with Crippen LogP contribution in [0.25, 0.3) is 22.3 Å². The number of anilines is 2. The van der Waals surface area contributed by atoms with E-state index in [-0.39, 0.29) is 0 Å². The molecule has 31 heavy (non-hydrogen) atoms. The van der Waals surface area contributed by atoms with Crippen molar-refractivity contribution in [3.8, 4) is 22.9 Å². The third-order valence-corrected chi connectivity index (χ3v) is 5.19. The summed E-state index contributed by atoms with van der Waals surface area (Å²) in [6.07, 6.45) is 4.73. The summed E-state index contributed by atoms with van der Waals surface area (Å²) >= 11 is 0. The first-order valence-corrected chi connectivity index (χ1v) is 10.7. The first-order valence-electron chi connectivity index (χ1n) is 10.7. The first kappa shape index (κ1) is 22.6. The Morgan fingerprint density at radius 1 is 0.903 bits per heavy atom. The summed E-state index contributed by atoms with van der Waals surface area (Å²) in [6, 6.07) is 11.4. The van der Waals surface area contributed by atoms with Crippen LogP contribution in [0.4, 0.5) is 11.5 Å². The van der Waals surface area contributed by atoms with Crippen LogP contribution in [-0.4, -0.2) is 56.3 Å². The molecule has 1 aromatic heterocycles. The van der Waals surface area contributed by atoms with E-state index in [4.69, 9.17) is 25.2 Å². The zero-order chi connectivity index (χ0) is 22.2. The molecule has 2 aromatic carbocycles. The highest BCUT2D eigenvalue weighted by Gasteiger charge is 2.14. The van der Waals surface area contributed by atoms with Crippen molar-refractivity contribution in [2.75, 3.05) is 52.5 Å². The lowest BCUT2D eigenvalue weighted by Gasteiger charge is -2.14. The lowest BCUT2D eigenvalue weighted by atomic mass is 10.1. The Morgan fingerprint density at radius 3 is 2.26 bits per heavy atom. The zero-order valence-electron chi connectivity index (χ0n) is 18.9. The predicted molar refractivity (Wildman–Crippen MR) is 128 cm³/mol. The molecule has 0 saturated carbocycles. The van der Waals surface area contributed by atoms with Gasteiger partial charge in [-0.25, -0.2) is 9.97 Å². The second kappa shape index (κ2) is 10.8. The molecule has 0 fully saturated rings. The molecular formula is C24H33N5O2. The van der Waals surface area contributed by atoms with Crippen LogP contribution in [-0.2, 0) is 0 Å². The number of hydrogen-bond acceptors (Lipinski definition) is 7.